The minimum Gasteiger partial charge on any atom is -0.390 e. The van der Waals surface area contributed by atoms with Crippen LogP contribution >= 0.6 is 0 Å². The largest absolute Gasteiger partial charge is 0.390 e. The Bertz CT molecular complexity index is 134. The van der Waals surface area contributed by atoms with Crippen molar-refractivity contribution in [3.63, 3.8) is 0 Å². The third-order valence-electron chi connectivity index (χ3n) is 2.11. The smallest absolute Gasteiger partial charge is 0.0654 e. The van der Waals surface area contributed by atoms with Gasteiger partial charge in [-0.1, -0.05) is 20.3 Å². The Morgan fingerprint density at radius 2 is 2.00 bits per heavy atom. The van der Waals surface area contributed by atoms with Gasteiger partial charge < -0.3 is 5.11 Å². The molecule has 0 fully saturated rings. The molecule has 0 bridgehead atoms. The summed E-state index contributed by atoms with van der Waals surface area (Å²) in [6, 6.07) is 0. The van der Waals surface area contributed by atoms with E-state index in [0.29, 0.717) is 6.42 Å². The van der Waals surface area contributed by atoms with Crippen molar-refractivity contribution in [3.8, 4) is 12.3 Å². The molecule has 1 unspecified atom stereocenters. The second-order valence-corrected chi connectivity index (χ2v) is 3.03. The van der Waals surface area contributed by atoms with Crippen LogP contribution in [0.1, 0.15) is 46.0 Å². The SMILES string of the molecule is C#CCCC(O)(CC)CCC. The fourth-order valence-electron chi connectivity index (χ4n) is 1.25. The predicted molar refractivity (Wildman–Crippen MR) is 48.2 cm³/mol. The first-order chi connectivity index (χ1) is 5.18. The molecule has 0 amide bonds. The Morgan fingerprint density at radius 1 is 1.36 bits per heavy atom. The van der Waals surface area contributed by atoms with Crippen molar-refractivity contribution in [3.05, 3.63) is 0 Å². The van der Waals surface area contributed by atoms with Crippen LogP contribution in [0.25, 0.3) is 0 Å². The second kappa shape index (κ2) is 5.21. The summed E-state index contributed by atoms with van der Waals surface area (Å²) in [5, 5.41) is 9.86. The molecule has 1 N–H and O–H groups in total. The summed E-state index contributed by atoms with van der Waals surface area (Å²) in [6.45, 7) is 4.09. The van der Waals surface area contributed by atoms with E-state index in [2.05, 4.69) is 12.8 Å². The van der Waals surface area contributed by atoms with Gasteiger partial charge >= 0.3 is 0 Å². The first-order valence-electron chi connectivity index (χ1n) is 4.34. The van der Waals surface area contributed by atoms with Crippen LogP contribution in [0.3, 0.4) is 0 Å². The second-order valence-electron chi connectivity index (χ2n) is 3.03. The van der Waals surface area contributed by atoms with E-state index in [1.54, 1.807) is 0 Å². The molecular formula is C10H18O. The molecule has 0 aromatic heterocycles. The average Bonchev–Trinajstić information content (AvgIpc) is 2.02. The normalized spacial score (nSPS) is 15.5. The average molecular weight is 154 g/mol. The molecule has 0 aromatic rings. The lowest BCUT2D eigenvalue weighted by atomic mass is 9.90. The third kappa shape index (κ3) is 4.06. The van der Waals surface area contributed by atoms with Crippen molar-refractivity contribution in [1.29, 1.82) is 0 Å². The molecule has 1 atom stereocenters. The summed E-state index contributed by atoms with van der Waals surface area (Å²) in [7, 11) is 0. The van der Waals surface area contributed by atoms with Crippen molar-refractivity contribution < 1.29 is 5.11 Å². The molecule has 64 valence electrons. The summed E-state index contributed by atoms with van der Waals surface area (Å²) in [6.07, 6.45) is 9.25. The first kappa shape index (κ1) is 10.5. The molecule has 0 aliphatic heterocycles. The van der Waals surface area contributed by atoms with Crippen LogP contribution in [0.2, 0.25) is 0 Å². The van der Waals surface area contributed by atoms with Crippen molar-refractivity contribution in [2.45, 2.75) is 51.6 Å². The van der Waals surface area contributed by atoms with Gasteiger partial charge in [-0.2, -0.15) is 0 Å². The van der Waals surface area contributed by atoms with Crippen LogP contribution in [0.5, 0.6) is 0 Å². The highest BCUT2D eigenvalue weighted by atomic mass is 16.3. The third-order valence-corrected chi connectivity index (χ3v) is 2.11. The maximum Gasteiger partial charge on any atom is 0.0654 e. The van der Waals surface area contributed by atoms with Gasteiger partial charge in [-0.3, -0.25) is 0 Å². The lowest BCUT2D eigenvalue weighted by molar-refractivity contribution is 0.0197. The quantitative estimate of drug-likeness (QED) is 0.603. The van der Waals surface area contributed by atoms with Crippen LogP contribution in [0.4, 0.5) is 0 Å². The molecule has 0 saturated heterocycles. The molecule has 1 heteroatoms. The Kier molecular flexibility index (Phi) is 4.98. The molecule has 11 heavy (non-hydrogen) atoms. The molecule has 1 nitrogen and oxygen atoms in total. The van der Waals surface area contributed by atoms with Gasteiger partial charge in [-0.25, -0.2) is 0 Å². The van der Waals surface area contributed by atoms with Crippen molar-refractivity contribution in [1.82, 2.24) is 0 Å². The van der Waals surface area contributed by atoms with E-state index in [9.17, 15) is 5.11 Å². The van der Waals surface area contributed by atoms with Crippen molar-refractivity contribution in [2.75, 3.05) is 0 Å². The number of rotatable bonds is 5. The van der Waals surface area contributed by atoms with Crippen molar-refractivity contribution in [2.24, 2.45) is 0 Å². The van der Waals surface area contributed by atoms with Gasteiger partial charge in [0.1, 0.15) is 0 Å². The summed E-state index contributed by atoms with van der Waals surface area (Å²) in [5.41, 5.74) is -0.499. The number of aliphatic hydroxyl groups is 1. The van der Waals surface area contributed by atoms with E-state index in [0.717, 1.165) is 25.7 Å². The topological polar surface area (TPSA) is 20.2 Å². The van der Waals surface area contributed by atoms with E-state index >= 15 is 0 Å². The highest BCUT2D eigenvalue weighted by Crippen LogP contribution is 2.22. The van der Waals surface area contributed by atoms with E-state index in [1.165, 1.54) is 0 Å². The Balaban J connectivity index is 3.79. The lowest BCUT2D eigenvalue weighted by Gasteiger charge is -2.25. The molecule has 0 radical (unpaired) electrons. The van der Waals surface area contributed by atoms with E-state index < -0.39 is 5.60 Å². The lowest BCUT2D eigenvalue weighted by Crippen LogP contribution is -2.26. The van der Waals surface area contributed by atoms with E-state index in [-0.39, 0.29) is 0 Å². The maximum atomic E-state index is 9.86. The Morgan fingerprint density at radius 3 is 2.36 bits per heavy atom. The highest BCUT2D eigenvalue weighted by molar-refractivity contribution is 4.88. The standard InChI is InChI=1S/C10H18O/c1-4-7-9-10(11,6-3)8-5-2/h1,11H,5-9H2,2-3H3. The monoisotopic (exact) mass is 154 g/mol. The molecule has 0 aromatic carbocycles. The maximum absolute atomic E-state index is 9.86. The van der Waals surface area contributed by atoms with Gasteiger partial charge in [0.15, 0.2) is 0 Å². The molecule has 0 aliphatic carbocycles. The highest BCUT2D eigenvalue weighted by Gasteiger charge is 2.21. The van der Waals surface area contributed by atoms with Gasteiger partial charge in [-0.15, -0.1) is 12.3 Å². The van der Waals surface area contributed by atoms with E-state index in [1.807, 2.05) is 6.92 Å². The van der Waals surface area contributed by atoms with Crippen LogP contribution in [0, 0.1) is 12.3 Å². The molecule has 0 aliphatic rings. The first-order valence-corrected chi connectivity index (χ1v) is 4.34. The van der Waals surface area contributed by atoms with Gasteiger partial charge in [0.05, 0.1) is 5.60 Å². The molecule has 0 heterocycles. The number of terminal acetylenes is 1. The Labute approximate surface area is 69.8 Å². The van der Waals surface area contributed by atoms with E-state index in [4.69, 9.17) is 6.42 Å². The fourth-order valence-corrected chi connectivity index (χ4v) is 1.25. The van der Waals surface area contributed by atoms with Crippen molar-refractivity contribution >= 4 is 0 Å². The molecule has 0 rings (SSSR count). The van der Waals surface area contributed by atoms with Crippen LogP contribution in [-0.4, -0.2) is 10.7 Å². The summed E-state index contributed by atoms with van der Waals surface area (Å²) >= 11 is 0. The summed E-state index contributed by atoms with van der Waals surface area (Å²) in [4.78, 5) is 0. The summed E-state index contributed by atoms with van der Waals surface area (Å²) in [5.74, 6) is 2.56. The fraction of sp³-hybridized carbons (Fsp3) is 0.800. The zero-order chi connectivity index (χ0) is 8.74. The van der Waals surface area contributed by atoms with Gasteiger partial charge in [0, 0.05) is 6.42 Å². The zero-order valence-electron chi connectivity index (χ0n) is 7.56. The minimum absolute atomic E-state index is 0.499. The molecule has 0 saturated carbocycles. The van der Waals surface area contributed by atoms with Crippen LogP contribution in [0.15, 0.2) is 0 Å². The number of hydrogen-bond acceptors (Lipinski definition) is 1. The Hall–Kier alpha value is -0.480. The predicted octanol–water partition coefficient (Wildman–Crippen LogP) is 2.34. The van der Waals surface area contributed by atoms with Gasteiger partial charge in [0.2, 0.25) is 0 Å². The summed E-state index contributed by atoms with van der Waals surface area (Å²) < 4.78 is 0. The zero-order valence-corrected chi connectivity index (χ0v) is 7.56. The van der Waals surface area contributed by atoms with Gasteiger partial charge in [0.25, 0.3) is 0 Å². The van der Waals surface area contributed by atoms with Gasteiger partial charge in [-0.05, 0) is 19.3 Å². The number of hydrogen-bond donors (Lipinski definition) is 1. The molecule has 0 spiro atoms. The van der Waals surface area contributed by atoms with Crippen LogP contribution < -0.4 is 0 Å². The molecular weight excluding hydrogens is 136 g/mol. The minimum atomic E-state index is -0.499. The van der Waals surface area contributed by atoms with Crippen LogP contribution in [-0.2, 0) is 0 Å².